The van der Waals surface area contributed by atoms with E-state index in [0.717, 1.165) is 46.2 Å². The second-order valence-electron chi connectivity index (χ2n) is 7.77. The van der Waals surface area contributed by atoms with Crippen molar-refractivity contribution in [3.63, 3.8) is 0 Å². The second kappa shape index (κ2) is 9.09. The highest BCUT2D eigenvalue weighted by atomic mass is 16.5. The van der Waals surface area contributed by atoms with E-state index in [1.807, 2.05) is 24.4 Å². The first-order valence-corrected chi connectivity index (χ1v) is 10.3. The highest BCUT2D eigenvalue weighted by molar-refractivity contribution is 5.98. The first-order valence-electron chi connectivity index (χ1n) is 10.3. The van der Waals surface area contributed by atoms with Crippen molar-refractivity contribution in [2.45, 2.75) is 19.4 Å². The Hall–Kier alpha value is -3.88. The fourth-order valence-electron chi connectivity index (χ4n) is 4.11. The number of anilines is 2. The molecule has 2 aromatic heterocycles. The van der Waals surface area contributed by atoms with Crippen LogP contribution in [0.4, 0.5) is 11.4 Å². The summed E-state index contributed by atoms with van der Waals surface area (Å²) < 4.78 is 6.51. The molecule has 9 heteroatoms. The van der Waals surface area contributed by atoms with Gasteiger partial charge in [-0.2, -0.15) is 0 Å². The minimum absolute atomic E-state index is 0.166. The summed E-state index contributed by atoms with van der Waals surface area (Å²) in [5.74, 6) is -0.802. The molecule has 0 unspecified atom stereocenters. The summed E-state index contributed by atoms with van der Waals surface area (Å²) in [5, 5.41) is 13.7. The number of nitrogens with one attached hydrogen (secondary N) is 1. The molecule has 1 aliphatic heterocycles. The monoisotopic (exact) mass is 436 g/mol. The largest absolute Gasteiger partial charge is 0.496 e. The predicted molar refractivity (Wildman–Crippen MR) is 120 cm³/mol. The van der Waals surface area contributed by atoms with Crippen molar-refractivity contribution in [1.29, 1.82) is 0 Å². The van der Waals surface area contributed by atoms with Gasteiger partial charge in [-0.1, -0.05) is 12.1 Å². The van der Waals surface area contributed by atoms with E-state index in [1.54, 1.807) is 13.3 Å². The molecule has 1 aromatic carbocycles. The number of piperidine rings is 1. The van der Waals surface area contributed by atoms with Gasteiger partial charge < -0.3 is 24.6 Å². The maximum atomic E-state index is 12.9. The molecule has 3 heterocycles. The summed E-state index contributed by atoms with van der Waals surface area (Å²) >= 11 is 0. The topological polar surface area (TPSA) is 114 Å². The van der Waals surface area contributed by atoms with Crippen molar-refractivity contribution in [3.8, 4) is 5.75 Å². The van der Waals surface area contributed by atoms with E-state index in [2.05, 4.69) is 15.2 Å². The van der Waals surface area contributed by atoms with E-state index in [1.165, 1.54) is 18.3 Å². The summed E-state index contributed by atoms with van der Waals surface area (Å²) in [6.07, 6.45) is 6.52. The highest BCUT2D eigenvalue weighted by Crippen LogP contribution is 2.33. The van der Waals surface area contributed by atoms with E-state index < -0.39 is 18.1 Å². The number of aromatic nitrogens is 2. The van der Waals surface area contributed by atoms with E-state index in [9.17, 15) is 14.4 Å². The number of fused-ring (bicyclic) bond motifs is 1. The smallest absolute Gasteiger partial charge is 0.323 e. The Morgan fingerprint density at radius 2 is 2.06 bits per heavy atom. The molecule has 1 amide bonds. The minimum atomic E-state index is -1.13. The van der Waals surface area contributed by atoms with Crippen LogP contribution in [0.5, 0.6) is 5.75 Å². The number of ether oxygens (including phenoxy) is 1. The standard InChI is InChI=1S/C23H24N4O5/c1-32-20-6-2-5-17-18(20)10-24-11-19(17)26-9-3-4-15(12-26)23(31)25-16-7-8-21(28)27(13-16)14-22(29)30/h2,5-8,10-11,13,15H,3-4,9,12,14H2,1H3,(H,25,31)(H,29,30)/t15-/m0/s1. The maximum absolute atomic E-state index is 12.9. The van der Waals surface area contributed by atoms with Gasteiger partial charge in [0.15, 0.2) is 0 Å². The van der Waals surface area contributed by atoms with E-state index in [4.69, 9.17) is 9.84 Å². The Balaban J connectivity index is 1.53. The van der Waals surface area contributed by atoms with E-state index in [0.29, 0.717) is 12.2 Å². The molecule has 0 spiro atoms. The van der Waals surface area contributed by atoms with Crippen LogP contribution in [0.25, 0.3) is 10.8 Å². The van der Waals surface area contributed by atoms with Crippen LogP contribution in [-0.2, 0) is 16.1 Å². The Morgan fingerprint density at radius 3 is 2.84 bits per heavy atom. The molecule has 0 aliphatic carbocycles. The number of nitrogens with zero attached hydrogens (tertiary/aromatic N) is 3. The first kappa shape index (κ1) is 21.4. The normalized spacial score (nSPS) is 16.0. The molecule has 3 aromatic rings. The second-order valence-corrected chi connectivity index (χ2v) is 7.77. The van der Waals surface area contributed by atoms with Gasteiger partial charge in [-0.3, -0.25) is 19.4 Å². The summed E-state index contributed by atoms with van der Waals surface area (Å²) in [4.78, 5) is 42.2. The van der Waals surface area contributed by atoms with Gasteiger partial charge in [-0.05, 0) is 25.0 Å². The summed E-state index contributed by atoms with van der Waals surface area (Å²) in [5.41, 5.74) is 0.909. The predicted octanol–water partition coefficient (Wildman–Crippen LogP) is 2.34. The van der Waals surface area contributed by atoms with Gasteiger partial charge in [0.25, 0.3) is 5.56 Å². The fourth-order valence-corrected chi connectivity index (χ4v) is 4.11. The van der Waals surface area contributed by atoms with Crippen LogP contribution in [0, 0.1) is 5.92 Å². The lowest BCUT2D eigenvalue weighted by Crippen LogP contribution is -2.41. The molecule has 32 heavy (non-hydrogen) atoms. The van der Waals surface area contributed by atoms with E-state index in [-0.39, 0.29) is 11.8 Å². The zero-order valence-corrected chi connectivity index (χ0v) is 17.7. The summed E-state index contributed by atoms with van der Waals surface area (Å²) in [6.45, 7) is 0.876. The van der Waals surface area contributed by atoms with Crippen LogP contribution in [0.2, 0.25) is 0 Å². The van der Waals surface area contributed by atoms with Gasteiger partial charge in [-0.25, -0.2) is 0 Å². The molecule has 166 valence electrons. The molecule has 2 N–H and O–H groups in total. The molecular weight excluding hydrogens is 412 g/mol. The van der Waals surface area contributed by atoms with Crippen LogP contribution >= 0.6 is 0 Å². The third-order valence-electron chi connectivity index (χ3n) is 5.65. The number of amides is 1. The lowest BCUT2D eigenvalue weighted by Gasteiger charge is -2.34. The van der Waals surface area contributed by atoms with Gasteiger partial charge in [-0.15, -0.1) is 0 Å². The first-order chi connectivity index (χ1) is 15.5. The third kappa shape index (κ3) is 4.41. The van der Waals surface area contributed by atoms with Gasteiger partial charge in [0.2, 0.25) is 5.91 Å². The number of carboxylic acid groups (broad SMARTS) is 1. The molecule has 1 aliphatic rings. The van der Waals surface area contributed by atoms with Gasteiger partial charge in [0, 0.05) is 42.3 Å². The quantitative estimate of drug-likeness (QED) is 0.610. The van der Waals surface area contributed by atoms with Gasteiger partial charge in [0.05, 0.1) is 30.6 Å². The molecule has 0 radical (unpaired) electrons. The van der Waals surface area contributed by atoms with Crippen molar-refractivity contribution in [2.24, 2.45) is 5.92 Å². The van der Waals surface area contributed by atoms with Gasteiger partial charge in [0.1, 0.15) is 12.3 Å². The van der Waals surface area contributed by atoms with Crippen LogP contribution in [0.3, 0.4) is 0 Å². The molecule has 4 rings (SSSR count). The number of pyridine rings is 2. The number of rotatable bonds is 6. The summed E-state index contributed by atoms with van der Waals surface area (Å²) in [6, 6.07) is 8.58. The average Bonchev–Trinajstić information content (AvgIpc) is 2.80. The van der Waals surface area contributed by atoms with Crippen molar-refractivity contribution in [1.82, 2.24) is 9.55 Å². The Bertz CT molecular complexity index is 1220. The van der Waals surface area contributed by atoms with Crippen LogP contribution in [0.1, 0.15) is 12.8 Å². The van der Waals surface area contributed by atoms with Crippen LogP contribution in [-0.4, -0.2) is 46.7 Å². The zero-order valence-electron chi connectivity index (χ0n) is 17.7. The number of carbonyl (C=O) groups is 2. The lowest BCUT2D eigenvalue weighted by molar-refractivity contribution is -0.137. The van der Waals surface area contributed by atoms with Crippen LogP contribution in [0.15, 0.2) is 53.7 Å². The van der Waals surface area contributed by atoms with Crippen molar-refractivity contribution < 1.29 is 19.4 Å². The maximum Gasteiger partial charge on any atom is 0.323 e. The van der Waals surface area contributed by atoms with Crippen molar-refractivity contribution in [3.05, 3.63) is 59.3 Å². The zero-order chi connectivity index (χ0) is 22.7. The number of hydrogen-bond donors (Lipinski definition) is 2. The number of carbonyl (C=O) groups excluding carboxylic acids is 1. The third-order valence-corrected chi connectivity index (χ3v) is 5.65. The van der Waals surface area contributed by atoms with Crippen LogP contribution < -0.4 is 20.5 Å². The number of carboxylic acids is 1. The van der Waals surface area contributed by atoms with Crippen molar-refractivity contribution in [2.75, 3.05) is 30.4 Å². The molecule has 1 fully saturated rings. The molecule has 9 nitrogen and oxygen atoms in total. The molecular formula is C23H24N4O5. The fraction of sp³-hybridized carbons (Fsp3) is 0.304. The Labute approximate surface area is 184 Å². The Kier molecular flexibility index (Phi) is 6.07. The SMILES string of the molecule is COc1cccc2c(N3CCC[C@H](C(=O)Nc4ccc(=O)n(CC(=O)O)c4)C3)cncc12. The lowest BCUT2D eigenvalue weighted by atomic mass is 9.96. The highest BCUT2D eigenvalue weighted by Gasteiger charge is 2.27. The number of hydrogen-bond acceptors (Lipinski definition) is 6. The molecule has 0 bridgehead atoms. The van der Waals surface area contributed by atoms with E-state index >= 15 is 0 Å². The number of aliphatic carboxylic acids is 1. The Morgan fingerprint density at radius 1 is 1.22 bits per heavy atom. The molecule has 0 saturated carbocycles. The van der Waals surface area contributed by atoms with Crippen molar-refractivity contribution >= 4 is 34.0 Å². The van der Waals surface area contributed by atoms with Gasteiger partial charge >= 0.3 is 5.97 Å². The average molecular weight is 436 g/mol. The minimum Gasteiger partial charge on any atom is -0.496 e. The number of methoxy groups -OCH3 is 1. The summed E-state index contributed by atoms with van der Waals surface area (Å²) in [7, 11) is 1.63. The molecule has 1 saturated heterocycles. The number of benzene rings is 1. The molecule has 1 atom stereocenters.